The number of rotatable bonds is 5. The summed E-state index contributed by atoms with van der Waals surface area (Å²) in [7, 11) is 5.53. The Kier molecular flexibility index (Phi) is 4.24. The second kappa shape index (κ2) is 5.92. The Bertz CT molecular complexity index is 623. The fraction of sp³-hybridized carbons (Fsp3) is 0.286. The predicted molar refractivity (Wildman–Crippen MR) is 84.2 cm³/mol. The molecule has 0 saturated carbocycles. The second-order valence-corrected chi connectivity index (χ2v) is 5.07. The van der Waals surface area contributed by atoms with Gasteiger partial charge in [0.1, 0.15) is 10.7 Å². The molecule has 0 aliphatic heterocycles. The van der Waals surface area contributed by atoms with Crippen LogP contribution in [0, 0.1) is 0 Å². The Morgan fingerprint density at radius 2 is 2.25 bits per heavy atom. The van der Waals surface area contributed by atoms with Gasteiger partial charge in [-0.3, -0.25) is 4.68 Å². The molecule has 1 aromatic carbocycles. The zero-order valence-corrected chi connectivity index (χ0v) is 12.6. The Morgan fingerprint density at radius 1 is 1.50 bits per heavy atom. The largest absolute Gasteiger partial charge is 0.497 e. The molecule has 0 amide bonds. The number of nitrogens with zero attached hydrogens (tertiary/aromatic N) is 3. The number of aromatic nitrogens is 2. The fourth-order valence-electron chi connectivity index (χ4n) is 2.08. The number of thiocarbonyl (C=S) groups is 1. The highest BCUT2D eigenvalue weighted by molar-refractivity contribution is 7.80. The van der Waals surface area contributed by atoms with Crippen molar-refractivity contribution in [2.75, 3.05) is 19.1 Å². The van der Waals surface area contributed by atoms with Gasteiger partial charge in [0.25, 0.3) is 0 Å². The van der Waals surface area contributed by atoms with Crippen LogP contribution < -0.4 is 15.4 Å². The molecule has 0 aliphatic carbocycles. The lowest BCUT2D eigenvalue weighted by Crippen LogP contribution is -2.21. The van der Waals surface area contributed by atoms with Gasteiger partial charge in [0.2, 0.25) is 0 Å². The number of aryl methyl sites for hydroxylation is 1. The van der Waals surface area contributed by atoms with Crippen LogP contribution in [-0.2, 0) is 13.6 Å². The minimum Gasteiger partial charge on any atom is -0.497 e. The lowest BCUT2D eigenvalue weighted by atomic mass is 10.1. The number of hydrogen-bond donors (Lipinski definition) is 1. The minimum absolute atomic E-state index is 0.376. The fourth-order valence-corrected chi connectivity index (χ4v) is 2.25. The maximum absolute atomic E-state index is 5.79. The molecule has 0 saturated heterocycles. The highest BCUT2D eigenvalue weighted by atomic mass is 32.1. The topological polar surface area (TPSA) is 56.3 Å². The van der Waals surface area contributed by atoms with Crippen LogP contribution in [0.15, 0.2) is 30.6 Å². The molecule has 5 nitrogen and oxygen atoms in total. The van der Waals surface area contributed by atoms with E-state index in [1.165, 1.54) is 0 Å². The van der Waals surface area contributed by atoms with Gasteiger partial charge in [0.05, 0.1) is 19.0 Å². The third-order valence-corrected chi connectivity index (χ3v) is 3.28. The lowest BCUT2D eigenvalue weighted by Gasteiger charge is -2.22. The molecular weight excluding hydrogens is 272 g/mol. The molecule has 106 valence electrons. The van der Waals surface area contributed by atoms with Crippen molar-refractivity contribution in [1.29, 1.82) is 0 Å². The van der Waals surface area contributed by atoms with E-state index in [1.54, 1.807) is 11.8 Å². The molecule has 2 aromatic rings. The quantitative estimate of drug-likeness (QED) is 0.849. The van der Waals surface area contributed by atoms with Crippen LogP contribution >= 0.6 is 12.2 Å². The minimum atomic E-state index is 0.376. The van der Waals surface area contributed by atoms with Gasteiger partial charge < -0.3 is 15.4 Å². The van der Waals surface area contributed by atoms with E-state index >= 15 is 0 Å². The smallest absolute Gasteiger partial charge is 0.120 e. The average Bonchev–Trinajstić information content (AvgIpc) is 2.83. The van der Waals surface area contributed by atoms with E-state index in [-0.39, 0.29) is 0 Å². The van der Waals surface area contributed by atoms with E-state index in [1.807, 2.05) is 44.7 Å². The molecule has 0 spiro atoms. The maximum Gasteiger partial charge on any atom is 0.120 e. The van der Waals surface area contributed by atoms with Crippen LogP contribution in [0.1, 0.15) is 11.1 Å². The zero-order chi connectivity index (χ0) is 14.7. The first-order chi connectivity index (χ1) is 9.51. The van der Waals surface area contributed by atoms with Crippen LogP contribution in [0.3, 0.4) is 0 Å². The summed E-state index contributed by atoms with van der Waals surface area (Å²) in [5, 5.41) is 4.17. The van der Waals surface area contributed by atoms with Gasteiger partial charge in [-0.05, 0) is 12.1 Å². The van der Waals surface area contributed by atoms with Crippen molar-refractivity contribution in [2.24, 2.45) is 12.8 Å². The summed E-state index contributed by atoms with van der Waals surface area (Å²) >= 11 is 5.11. The second-order valence-electron chi connectivity index (χ2n) is 4.63. The van der Waals surface area contributed by atoms with Crippen molar-refractivity contribution in [3.63, 3.8) is 0 Å². The van der Waals surface area contributed by atoms with Gasteiger partial charge >= 0.3 is 0 Å². The van der Waals surface area contributed by atoms with Gasteiger partial charge in [0, 0.05) is 44.0 Å². The molecule has 2 N–H and O–H groups in total. The highest BCUT2D eigenvalue weighted by Gasteiger charge is 2.12. The van der Waals surface area contributed by atoms with Gasteiger partial charge in [-0.25, -0.2) is 0 Å². The van der Waals surface area contributed by atoms with E-state index in [0.29, 0.717) is 4.99 Å². The normalized spacial score (nSPS) is 10.3. The van der Waals surface area contributed by atoms with E-state index in [2.05, 4.69) is 10.00 Å². The maximum atomic E-state index is 5.79. The van der Waals surface area contributed by atoms with Gasteiger partial charge in [-0.2, -0.15) is 5.10 Å². The molecule has 0 aliphatic rings. The number of hydrogen-bond acceptors (Lipinski definition) is 4. The summed E-state index contributed by atoms with van der Waals surface area (Å²) < 4.78 is 7.05. The third kappa shape index (κ3) is 3.08. The first-order valence-corrected chi connectivity index (χ1v) is 6.58. The molecule has 1 aromatic heterocycles. The molecule has 20 heavy (non-hydrogen) atoms. The molecule has 0 atom stereocenters. The van der Waals surface area contributed by atoms with Crippen LogP contribution in [0.4, 0.5) is 5.69 Å². The Labute approximate surface area is 123 Å². The van der Waals surface area contributed by atoms with Crippen molar-refractivity contribution in [2.45, 2.75) is 6.54 Å². The molecule has 6 heteroatoms. The first kappa shape index (κ1) is 14.3. The number of methoxy groups -OCH3 is 1. The van der Waals surface area contributed by atoms with E-state index < -0.39 is 0 Å². The molecule has 2 rings (SSSR count). The van der Waals surface area contributed by atoms with Crippen molar-refractivity contribution in [1.82, 2.24) is 9.78 Å². The van der Waals surface area contributed by atoms with Crippen LogP contribution in [0.5, 0.6) is 5.75 Å². The average molecular weight is 290 g/mol. The summed E-state index contributed by atoms with van der Waals surface area (Å²) in [4.78, 5) is 2.45. The SMILES string of the molecule is COc1ccc(C(N)=S)c(N(C)Cc2cnn(C)c2)c1. The summed E-state index contributed by atoms with van der Waals surface area (Å²) in [5.41, 5.74) is 8.69. The van der Waals surface area contributed by atoms with Gasteiger partial charge in [-0.15, -0.1) is 0 Å². The standard InChI is InChI=1S/C14H18N4OS/c1-17(8-10-7-16-18(2)9-10)13-6-11(19-3)4-5-12(13)14(15)20/h4-7,9H,8H2,1-3H3,(H2,15,20). The number of anilines is 1. The van der Waals surface area contributed by atoms with Crippen LogP contribution in [-0.4, -0.2) is 28.9 Å². The molecule has 1 heterocycles. The third-order valence-electron chi connectivity index (χ3n) is 3.06. The molecule has 0 radical (unpaired) electrons. The van der Waals surface area contributed by atoms with Crippen molar-refractivity contribution >= 4 is 22.9 Å². The molecule has 0 fully saturated rings. The van der Waals surface area contributed by atoms with E-state index in [4.69, 9.17) is 22.7 Å². The van der Waals surface area contributed by atoms with Gasteiger partial charge in [-0.1, -0.05) is 12.2 Å². The summed E-state index contributed by atoms with van der Waals surface area (Å²) in [6, 6.07) is 5.68. The molecule has 0 unspecified atom stereocenters. The summed E-state index contributed by atoms with van der Waals surface area (Å²) in [5.74, 6) is 0.776. The van der Waals surface area contributed by atoms with Crippen LogP contribution in [0.25, 0.3) is 0 Å². The number of benzene rings is 1. The molecular formula is C14H18N4OS. The lowest BCUT2D eigenvalue weighted by molar-refractivity contribution is 0.415. The highest BCUT2D eigenvalue weighted by Crippen LogP contribution is 2.26. The summed E-state index contributed by atoms with van der Waals surface area (Å²) in [6.45, 7) is 0.719. The summed E-state index contributed by atoms with van der Waals surface area (Å²) in [6.07, 6.45) is 3.83. The van der Waals surface area contributed by atoms with E-state index in [0.717, 1.165) is 29.1 Å². The van der Waals surface area contributed by atoms with Crippen molar-refractivity contribution in [3.05, 3.63) is 41.7 Å². The monoisotopic (exact) mass is 290 g/mol. The molecule has 0 bridgehead atoms. The first-order valence-electron chi connectivity index (χ1n) is 6.17. The number of nitrogens with two attached hydrogens (primary N) is 1. The predicted octanol–water partition coefficient (Wildman–Crippen LogP) is 1.70. The zero-order valence-electron chi connectivity index (χ0n) is 11.8. The van der Waals surface area contributed by atoms with Crippen molar-refractivity contribution in [3.8, 4) is 5.75 Å². The van der Waals surface area contributed by atoms with Crippen LogP contribution in [0.2, 0.25) is 0 Å². The van der Waals surface area contributed by atoms with Crippen molar-refractivity contribution < 1.29 is 4.74 Å². The number of ether oxygens (including phenoxy) is 1. The Balaban J connectivity index is 2.31. The Morgan fingerprint density at radius 3 is 2.80 bits per heavy atom. The van der Waals surface area contributed by atoms with Gasteiger partial charge in [0.15, 0.2) is 0 Å². The van der Waals surface area contributed by atoms with E-state index in [9.17, 15) is 0 Å². The Hall–Kier alpha value is -2.08.